The number of nitrogens with zero attached hydrogens (tertiary/aromatic N) is 1. The summed E-state index contributed by atoms with van der Waals surface area (Å²) in [5.74, 6) is -0.958. The predicted octanol–water partition coefficient (Wildman–Crippen LogP) is 0.784. The summed E-state index contributed by atoms with van der Waals surface area (Å²) < 4.78 is 5.20. The Balaban J connectivity index is 1.72. The highest BCUT2D eigenvalue weighted by Gasteiger charge is 2.27. The number of hydrogen-bond acceptors (Lipinski definition) is 4. The number of pyridine rings is 1. The number of rotatable bonds is 5. The number of benzene rings is 1. The van der Waals surface area contributed by atoms with Gasteiger partial charge in [-0.05, 0) is 18.6 Å². The van der Waals surface area contributed by atoms with Crippen LogP contribution in [0, 0.1) is 5.92 Å². The maximum atomic E-state index is 12.1. The van der Waals surface area contributed by atoms with Crippen molar-refractivity contribution in [2.45, 2.75) is 18.9 Å². The number of carbonyl (C=O) groups is 2. The Labute approximate surface area is 134 Å². The topological polar surface area (TPSA) is 94.3 Å². The molecule has 1 aromatic carbocycles. The van der Waals surface area contributed by atoms with Crippen LogP contribution in [0.15, 0.2) is 36.4 Å². The van der Waals surface area contributed by atoms with Gasteiger partial charge >= 0.3 is 0 Å². The molecule has 2 amide bonds. The lowest BCUT2D eigenvalue weighted by Gasteiger charge is -2.17. The van der Waals surface area contributed by atoms with Crippen molar-refractivity contribution in [2.75, 3.05) is 13.2 Å². The Morgan fingerprint density at radius 2 is 2.13 bits per heavy atom. The molecule has 23 heavy (non-hydrogen) atoms. The van der Waals surface area contributed by atoms with Crippen molar-refractivity contribution in [3.8, 4) is 0 Å². The number of fused-ring (bicyclic) bond motifs is 1. The van der Waals surface area contributed by atoms with E-state index < -0.39 is 11.9 Å². The fourth-order valence-electron chi connectivity index (χ4n) is 2.68. The van der Waals surface area contributed by atoms with Crippen LogP contribution in [0.4, 0.5) is 0 Å². The molecule has 1 aliphatic rings. The number of amides is 2. The number of nitrogens with two attached hydrogens (primary N) is 1. The zero-order valence-electron chi connectivity index (χ0n) is 12.7. The minimum absolute atomic E-state index is 0.188. The quantitative estimate of drug-likeness (QED) is 0.853. The van der Waals surface area contributed by atoms with Gasteiger partial charge in [0.15, 0.2) is 0 Å². The predicted molar refractivity (Wildman–Crippen MR) is 85.5 cm³/mol. The highest BCUT2D eigenvalue weighted by atomic mass is 16.5. The molecule has 3 rings (SSSR count). The maximum absolute atomic E-state index is 12.1. The first-order valence-corrected chi connectivity index (χ1v) is 7.65. The molecule has 0 unspecified atom stereocenters. The van der Waals surface area contributed by atoms with Crippen molar-refractivity contribution in [1.29, 1.82) is 0 Å². The Bertz CT molecular complexity index is 726. The minimum Gasteiger partial charge on any atom is -0.381 e. The first-order valence-electron chi connectivity index (χ1n) is 7.65. The smallest absolute Gasteiger partial charge is 0.240 e. The summed E-state index contributed by atoms with van der Waals surface area (Å²) in [6, 6.07) is 10.8. The van der Waals surface area contributed by atoms with Gasteiger partial charge in [0.25, 0.3) is 0 Å². The van der Waals surface area contributed by atoms with Gasteiger partial charge < -0.3 is 15.8 Å². The molecule has 0 bridgehead atoms. The van der Waals surface area contributed by atoms with Gasteiger partial charge in [-0.25, -0.2) is 0 Å². The van der Waals surface area contributed by atoms with E-state index in [0.717, 1.165) is 16.6 Å². The maximum Gasteiger partial charge on any atom is 0.240 e. The summed E-state index contributed by atoms with van der Waals surface area (Å²) in [6.07, 6.45) is 0.949. The lowest BCUT2D eigenvalue weighted by molar-refractivity contribution is -0.129. The van der Waals surface area contributed by atoms with E-state index >= 15 is 0 Å². The van der Waals surface area contributed by atoms with E-state index in [1.807, 2.05) is 36.4 Å². The van der Waals surface area contributed by atoms with Crippen molar-refractivity contribution < 1.29 is 14.3 Å². The molecule has 2 aromatic rings. The normalized spacial score (nSPS) is 18.7. The van der Waals surface area contributed by atoms with Crippen LogP contribution in [0.25, 0.3) is 10.9 Å². The van der Waals surface area contributed by atoms with Crippen molar-refractivity contribution in [3.05, 3.63) is 42.1 Å². The molecule has 6 nitrogen and oxygen atoms in total. The first-order chi connectivity index (χ1) is 11.1. The molecule has 0 saturated carbocycles. The molecule has 1 aliphatic heterocycles. The molecule has 0 aliphatic carbocycles. The number of aromatic nitrogens is 1. The SMILES string of the molecule is NC(=O)[C@@H](Cc1ccc2ccccc2n1)NC(=O)[C@@H]1CCOC1. The van der Waals surface area contributed by atoms with E-state index in [1.165, 1.54) is 0 Å². The fourth-order valence-corrected chi connectivity index (χ4v) is 2.68. The summed E-state index contributed by atoms with van der Waals surface area (Å²) >= 11 is 0. The van der Waals surface area contributed by atoms with Crippen molar-refractivity contribution in [2.24, 2.45) is 11.7 Å². The third-order valence-corrected chi connectivity index (χ3v) is 4.03. The average molecular weight is 313 g/mol. The Hall–Kier alpha value is -2.47. The van der Waals surface area contributed by atoms with Crippen LogP contribution in [-0.2, 0) is 20.7 Å². The third kappa shape index (κ3) is 3.65. The van der Waals surface area contributed by atoms with Gasteiger partial charge in [-0.3, -0.25) is 14.6 Å². The van der Waals surface area contributed by atoms with Gasteiger partial charge in [-0.2, -0.15) is 0 Å². The van der Waals surface area contributed by atoms with Crippen LogP contribution in [-0.4, -0.2) is 36.1 Å². The second kappa shape index (κ2) is 6.75. The second-order valence-electron chi connectivity index (χ2n) is 5.72. The molecule has 2 atom stereocenters. The number of hydrogen-bond donors (Lipinski definition) is 2. The zero-order valence-corrected chi connectivity index (χ0v) is 12.7. The van der Waals surface area contributed by atoms with Crippen molar-refractivity contribution in [1.82, 2.24) is 10.3 Å². The molecule has 120 valence electrons. The molecule has 0 radical (unpaired) electrons. The molecule has 6 heteroatoms. The number of nitrogens with one attached hydrogen (secondary N) is 1. The Morgan fingerprint density at radius 1 is 1.30 bits per heavy atom. The van der Waals surface area contributed by atoms with Crippen molar-refractivity contribution in [3.63, 3.8) is 0 Å². The van der Waals surface area contributed by atoms with Crippen LogP contribution in [0.1, 0.15) is 12.1 Å². The molecular weight excluding hydrogens is 294 g/mol. The largest absolute Gasteiger partial charge is 0.381 e. The summed E-state index contributed by atoms with van der Waals surface area (Å²) in [5, 5.41) is 3.75. The van der Waals surface area contributed by atoms with E-state index in [0.29, 0.717) is 19.6 Å². The molecule has 2 heterocycles. The van der Waals surface area contributed by atoms with Crippen LogP contribution in [0.2, 0.25) is 0 Å². The van der Waals surface area contributed by atoms with Crippen molar-refractivity contribution >= 4 is 22.7 Å². The molecule has 1 saturated heterocycles. The number of carbonyl (C=O) groups excluding carboxylic acids is 2. The van der Waals surface area contributed by atoms with Crippen LogP contribution < -0.4 is 11.1 Å². The van der Waals surface area contributed by atoms with Gasteiger partial charge in [0.2, 0.25) is 11.8 Å². The highest BCUT2D eigenvalue weighted by molar-refractivity contribution is 5.88. The van der Waals surface area contributed by atoms with Gasteiger partial charge in [0.05, 0.1) is 18.0 Å². The monoisotopic (exact) mass is 313 g/mol. The Kier molecular flexibility index (Phi) is 4.52. The fraction of sp³-hybridized carbons (Fsp3) is 0.353. The van der Waals surface area contributed by atoms with Gasteiger partial charge in [0.1, 0.15) is 6.04 Å². The molecule has 3 N–H and O–H groups in total. The van der Waals surface area contributed by atoms with Gasteiger partial charge in [-0.15, -0.1) is 0 Å². The minimum atomic E-state index is -0.767. The number of para-hydroxylation sites is 1. The summed E-state index contributed by atoms with van der Waals surface area (Å²) in [7, 11) is 0. The van der Waals surface area contributed by atoms with Gasteiger partial charge in [0, 0.05) is 24.1 Å². The summed E-state index contributed by atoms with van der Waals surface area (Å²) in [5.41, 5.74) is 7.00. The number of primary amides is 1. The standard InChI is InChI=1S/C17H19N3O3/c18-16(21)15(20-17(22)12-7-8-23-10-12)9-13-6-5-11-3-1-2-4-14(11)19-13/h1-6,12,15H,7-10H2,(H2,18,21)(H,20,22)/t12-,15-/m1/s1. The lowest BCUT2D eigenvalue weighted by Crippen LogP contribution is -2.48. The lowest BCUT2D eigenvalue weighted by atomic mass is 10.1. The average Bonchev–Trinajstić information content (AvgIpc) is 3.08. The highest BCUT2D eigenvalue weighted by Crippen LogP contribution is 2.15. The molecular formula is C17H19N3O3. The Morgan fingerprint density at radius 3 is 2.87 bits per heavy atom. The van der Waals surface area contributed by atoms with Crippen LogP contribution >= 0.6 is 0 Å². The van der Waals surface area contributed by atoms with E-state index in [2.05, 4.69) is 10.3 Å². The molecule has 1 fully saturated rings. The van der Waals surface area contributed by atoms with E-state index in [4.69, 9.17) is 10.5 Å². The molecule has 1 aromatic heterocycles. The third-order valence-electron chi connectivity index (χ3n) is 4.03. The van der Waals surface area contributed by atoms with Gasteiger partial charge in [-0.1, -0.05) is 24.3 Å². The van der Waals surface area contributed by atoms with E-state index in [9.17, 15) is 9.59 Å². The van der Waals surface area contributed by atoms with Crippen LogP contribution in [0.5, 0.6) is 0 Å². The summed E-state index contributed by atoms with van der Waals surface area (Å²) in [4.78, 5) is 28.3. The summed E-state index contributed by atoms with van der Waals surface area (Å²) in [6.45, 7) is 0.969. The molecule has 0 spiro atoms. The van der Waals surface area contributed by atoms with E-state index in [-0.39, 0.29) is 18.2 Å². The number of ether oxygens (including phenoxy) is 1. The van der Waals surface area contributed by atoms with Crippen LogP contribution in [0.3, 0.4) is 0 Å². The zero-order chi connectivity index (χ0) is 16.2. The van der Waals surface area contributed by atoms with E-state index in [1.54, 1.807) is 0 Å². The second-order valence-corrected chi connectivity index (χ2v) is 5.72. The first kappa shape index (κ1) is 15.4.